The van der Waals surface area contributed by atoms with Crippen molar-refractivity contribution in [2.75, 3.05) is 12.9 Å². The molecule has 0 heterocycles. The van der Waals surface area contributed by atoms with Gasteiger partial charge in [-0.1, -0.05) is 18.2 Å². The number of amides is 1. The Morgan fingerprint density at radius 1 is 1.29 bits per heavy atom. The van der Waals surface area contributed by atoms with E-state index in [-0.39, 0.29) is 17.8 Å². The van der Waals surface area contributed by atoms with Crippen LogP contribution in [0.1, 0.15) is 22.8 Å². The largest absolute Gasteiger partial charge is 0.494 e. The topological polar surface area (TPSA) is 81.5 Å². The van der Waals surface area contributed by atoms with Crippen LogP contribution in [-0.2, 0) is 6.54 Å². The number of nitrogens with zero attached hydrogens (tertiary/aromatic N) is 1. The number of para-hydroxylation sites is 1. The van der Waals surface area contributed by atoms with Gasteiger partial charge in [0.1, 0.15) is 11.3 Å². The third kappa shape index (κ3) is 4.26. The molecule has 0 bridgehead atoms. The maximum atomic E-state index is 12.4. The fourth-order valence-corrected chi connectivity index (χ4v) is 2.64. The van der Waals surface area contributed by atoms with Crippen molar-refractivity contribution in [3.8, 4) is 5.75 Å². The number of nitro benzene ring substituents is 1. The number of hydrogen-bond acceptors (Lipinski definition) is 5. The predicted molar refractivity (Wildman–Crippen MR) is 93.7 cm³/mol. The minimum atomic E-state index is -0.548. The van der Waals surface area contributed by atoms with Gasteiger partial charge in [-0.15, -0.1) is 11.8 Å². The van der Waals surface area contributed by atoms with E-state index in [1.165, 1.54) is 23.9 Å². The van der Waals surface area contributed by atoms with Crippen LogP contribution < -0.4 is 10.1 Å². The molecule has 1 amide bonds. The number of carbonyl (C=O) groups excluding carboxylic acids is 1. The Bertz CT molecular complexity index is 749. The lowest BCUT2D eigenvalue weighted by Crippen LogP contribution is -2.24. The lowest BCUT2D eigenvalue weighted by molar-refractivity contribution is -0.385. The van der Waals surface area contributed by atoms with Crippen LogP contribution in [0.2, 0.25) is 0 Å². The minimum absolute atomic E-state index is 0.0562. The first-order chi connectivity index (χ1) is 11.6. The maximum absolute atomic E-state index is 12.4. The van der Waals surface area contributed by atoms with Crippen molar-refractivity contribution in [1.29, 1.82) is 0 Å². The van der Waals surface area contributed by atoms with Gasteiger partial charge < -0.3 is 10.1 Å². The number of nitro groups is 1. The molecule has 2 rings (SSSR count). The molecule has 0 saturated heterocycles. The zero-order chi connectivity index (χ0) is 17.5. The molecule has 126 valence electrons. The Kier molecular flexibility index (Phi) is 6.20. The highest BCUT2D eigenvalue weighted by Crippen LogP contribution is 2.25. The summed E-state index contributed by atoms with van der Waals surface area (Å²) in [5, 5.41) is 13.9. The van der Waals surface area contributed by atoms with Crippen molar-refractivity contribution in [2.45, 2.75) is 18.4 Å². The summed E-state index contributed by atoms with van der Waals surface area (Å²) in [6.07, 6.45) is 1.85. The van der Waals surface area contributed by atoms with E-state index in [2.05, 4.69) is 5.32 Å². The van der Waals surface area contributed by atoms with E-state index < -0.39 is 10.8 Å². The van der Waals surface area contributed by atoms with E-state index in [9.17, 15) is 14.9 Å². The molecule has 0 fully saturated rings. The summed E-state index contributed by atoms with van der Waals surface area (Å²) in [4.78, 5) is 23.8. The standard InChI is InChI=1S/C17H18N2O4S/c1-3-23-16-7-5-4-6-12(16)11-18-17(20)14-10-13(24-2)8-9-15(14)19(21)22/h4-10H,3,11H2,1-2H3,(H,18,20). The average molecular weight is 346 g/mol. The number of thioether (sulfide) groups is 1. The van der Waals surface area contributed by atoms with Crippen LogP contribution in [0.5, 0.6) is 5.75 Å². The van der Waals surface area contributed by atoms with Crippen LogP contribution >= 0.6 is 11.8 Å². The lowest BCUT2D eigenvalue weighted by atomic mass is 10.1. The van der Waals surface area contributed by atoms with Crippen LogP contribution in [0, 0.1) is 10.1 Å². The van der Waals surface area contributed by atoms with Crippen LogP contribution in [0.3, 0.4) is 0 Å². The molecule has 0 saturated carbocycles. The normalized spacial score (nSPS) is 10.2. The molecule has 7 heteroatoms. The Labute approximate surface area is 144 Å². The van der Waals surface area contributed by atoms with Crippen LogP contribution in [0.4, 0.5) is 5.69 Å². The average Bonchev–Trinajstić information content (AvgIpc) is 2.60. The molecule has 6 nitrogen and oxygen atoms in total. The molecule has 0 spiro atoms. The molecule has 0 aliphatic carbocycles. The van der Waals surface area contributed by atoms with E-state index in [0.29, 0.717) is 12.4 Å². The summed E-state index contributed by atoms with van der Waals surface area (Å²) >= 11 is 1.42. The molecule has 0 unspecified atom stereocenters. The van der Waals surface area contributed by atoms with Crippen molar-refractivity contribution >= 4 is 23.4 Å². The summed E-state index contributed by atoms with van der Waals surface area (Å²) in [5.41, 5.74) is 0.667. The number of nitrogens with one attached hydrogen (secondary N) is 1. The monoisotopic (exact) mass is 346 g/mol. The van der Waals surface area contributed by atoms with Gasteiger partial charge in [-0.3, -0.25) is 14.9 Å². The molecule has 0 aliphatic heterocycles. The fourth-order valence-electron chi connectivity index (χ4n) is 2.20. The molecule has 2 aromatic carbocycles. The molecule has 0 aliphatic rings. The third-order valence-corrected chi connectivity index (χ3v) is 4.08. The number of hydrogen-bond donors (Lipinski definition) is 1. The first-order valence-corrected chi connectivity index (χ1v) is 8.60. The smallest absolute Gasteiger partial charge is 0.282 e. The Morgan fingerprint density at radius 2 is 2.04 bits per heavy atom. The second-order valence-electron chi connectivity index (χ2n) is 4.86. The number of ether oxygens (including phenoxy) is 1. The van der Waals surface area contributed by atoms with Crippen molar-refractivity contribution < 1.29 is 14.5 Å². The maximum Gasteiger partial charge on any atom is 0.282 e. The molecular weight excluding hydrogens is 328 g/mol. The molecule has 24 heavy (non-hydrogen) atoms. The Hall–Kier alpha value is -2.54. The molecule has 0 radical (unpaired) electrons. The fraction of sp³-hybridized carbons (Fsp3) is 0.235. The molecule has 1 N–H and O–H groups in total. The number of rotatable bonds is 7. The molecule has 2 aromatic rings. The SMILES string of the molecule is CCOc1ccccc1CNC(=O)c1cc(SC)ccc1[N+](=O)[O-]. The zero-order valence-electron chi connectivity index (χ0n) is 13.4. The highest BCUT2D eigenvalue weighted by Gasteiger charge is 2.20. The first-order valence-electron chi connectivity index (χ1n) is 7.38. The quantitative estimate of drug-likeness (QED) is 0.470. The van der Waals surface area contributed by atoms with Gasteiger partial charge in [0.15, 0.2) is 0 Å². The van der Waals surface area contributed by atoms with E-state index in [1.54, 1.807) is 6.07 Å². The summed E-state index contributed by atoms with van der Waals surface area (Å²) in [5.74, 6) is 0.205. The van der Waals surface area contributed by atoms with Gasteiger partial charge >= 0.3 is 0 Å². The van der Waals surface area contributed by atoms with Crippen LogP contribution in [0.25, 0.3) is 0 Å². The summed E-state index contributed by atoms with van der Waals surface area (Å²) in [6, 6.07) is 11.9. The highest BCUT2D eigenvalue weighted by atomic mass is 32.2. The van der Waals surface area contributed by atoms with Gasteiger partial charge in [0.05, 0.1) is 11.5 Å². The van der Waals surface area contributed by atoms with Crippen LogP contribution in [0.15, 0.2) is 47.4 Å². The van der Waals surface area contributed by atoms with Crippen molar-refractivity contribution in [2.24, 2.45) is 0 Å². The van der Waals surface area contributed by atoms with Crippen molar-refractivity contribution in [1.82, 2.24) is 5.32 Å². The second kappa shape index (κ2) is 8.35. The highest BCUT2D eigenvalue weighted by molar-refractivity contribution is 7.98. The van der Waals surface area contributed by atoms with Crippen molar-refractivity contribution in [3.05, 3.63) is 63.7 Å². The first kappa shape index (κ1) is 17.8. The van der Waals surface area contributed by atoms with Gasteiger partial charge in [-0.2, -0.15) is 0 Å². The van der Waals surface area contributed by atoms with E-state index >= 15 is 0 Å². The van der Waals surface area contributed by atoms with E-state index in [0.717, 1.165) is 10.5 Å². The number of carbonyl (C=O) groups is 1. The van der Waals surface area contributed by atoms with Gasteiger partial charge in [-0.25, -0.2) is 0 Å². The zero-order valence-corrected chi connectivity index (χ0v) is 14.3. The van der Waals surface area contributed by atoms with Gasteiger partial charge in [0, 0.05) is 23.1 Å². The lowest BCUT2D eigenvalue weighted by Gasteiger charge is -2.11. The second-order valence-corrected chi connectivity index (χ2v) is 5.74. The van der Waals surface area contributed by atoms with Gasteiger partial charge in [0.2, 0.25) is 0 Å². The van der Waals surface area contributed by atoms with E-state index in [1.807, 2.05) is 37.4 Å². The summed E-state index contributed by atoms with van der Waals surface area (Å²) in [6.45, 7) is 2.63. The molecule has 0 atom stereocenters. The summed E-state index contributed by atoms with van der Waals surface area (Å²) in [7, 11) is 0. The molecular formula is C17H18N2O4S. The van der Waals surface area contributed by atoms with E-state index in [4.69, 9.17) is 4.74 Å². The predicted octanol–water partition coefficient (Wildman–Crippen LogP) is 3.65. The van der Waals surface area contributed by atoms with Gasteiger partial charge in [-0.05, 0) is 31.4 Å². The molecule has 0 aromatic heterocycles. The Morgan fingerprint density at radius 3 is 2.71 bits per heavy atom. The van der Waals surface area contributed by atoms with Crippen molar-refractivity contribution in [3.63, 3.8) is 0 Å². The Balaban J connectivity index is 2.20. The minimum Gasteiger partial charge on any atom is -0.494 e. The van der Waals surface area contributed by atoms with Crippen LogP contribution in [-0.4, -0.2) is 23.7 Å². The summed E-state index contributed by atoms with van der Waals surface area (Å²) < 4.78 is 5.51. The third-order valence-electron chi connectivity index (χ3n) is 3.36. The number of benzene rings is 2. The van der Waals surface area contributed by atoms with Gasteiger partial charge in [0.25, 0.3) is 11.6 Å².